The van der Waals surface area contributed by atoms with Gasteiger partial charge in [0.2, 0.25) is 5.95 Å². The van der Waals surface area contributed by atoms with Gasteiger partial charge in [-0.05, 0) is 29.8 Å². The van der Waals surface area contributed by atoms with E-state index >= 15 is 0 Å². The molecule has 2 atom stereocenters. The largest absolute Gasteiger partial charge is 0.480 e. The lowest BCUT2D eigenvalue weighted by molar-refractivity contribution is 0.223. The highest BCUT2D eigenvalue weighted by Crippen LogP contribution is 2.52. The molecule has 5 nitrogen and oxygen atoms in total. The molecule has 0 saturated heterocycles. The summed E-state index contributed by atoms with van der Waals surface area (Å²) in [6.07, 6.45) is 1.12. The van der Waals surface area contributed by atoms with Crippen molar-refractivity contribution in [2.75, 3.05) is 5.32 Å². The normalized spacial score (nSPS) is 19.0. The van der Waals surface area contributed by atoms with Gasteiger partial charge >= 0.3 is 0 Å². The van der Waals surface area contributed by atoms with Crippen molar-refractivity contribution < 1.29 is 4.74 Å². The summed E-state index contributed by atoms with van der Waals surface area (Å²) in [5.74, 6) is 1.43. The Kier molecular flexibility index (Phi) is 4.26. The summed E-state index contributed by atoms with van der Waals surface area (Å²) in [5, 5.41) is 9.28. The zero-order chi connectivity index (χ0) is 20.9. The smallest absolute Gasteiger partial charge is 0.226 e. The van der Waals surface area contributed by atoms with E-state index in [2.05, 4.69) is 15.4 Å². The van der Waals surface area contributed by atoms with Crippen LogP contribution in [-0.4, -0.2) is 14.8 Å². The predicted molar refractivity (Wildman–Crippen MR) is 121 cm³/mol. The van der Waals surface area contributed by atoms with Crippen LogP contribution in [-0.2, 0) is 0 Å². The van der Waals surface area contributed by atoms with E-state index in [-0.39, 0.29) is 6.04 Å². The number of para-hydroxylation sites is 1. The van der Waals surface area contributed by atoms with Crippen LogP contribution >= 0.6 is 23.2 Å². The van der Waals surface area contributed by atoms with Crippen LogP contribution in [0.25, 0.3) is 5.70 Å². The van der Waals surface area contributed by atoms with Crippen LogP contribution in [0.15, 0.2) is 84.7 Å². The number of hydrogen-bond acceptors (Lipinski definition) is 4. The molecular formula is C24H16Cl2N4O. The molecule has 152 valence electrons. The monoisotopic (exact) mass is 446 g/mol. The Bertz CT molecular complexity index is 1350. The maximum Gasteiger partial charge on any atom is 0.226 e. The first-order valence-corrected chi connectivity index (χ1v) is 10.6. The van der Waals surface area contributed by atoms with Gasteiger partial charge in [0.25, 0.3) is 0 Å². The lowest BCUT2D eigenvalue weighted by atomic mass is 9.84. The summed E-state index contributed by atoms with van der Waals surface area (Å²) >= 11 is 13.3. The molecule has 0 unspecified atom stereocenters. The second-order valence-corrected chi connectivity index (χ2v) is 8.24. The number of nitrogens with one attached hydrogen (secondary N) is 1. The molecule has 2 aliphatic heterocycles. The number of hydrogen-bond donors (Lipinski definition) is 1. The third-order valence-corrected chi connectivity index (χ3v) is 6.40. The second kappa shape index (κ2) is 7.15. The van der Waals surface area contributed by atoms with E-state index in [4.69, 9.17) is 27.9 Å². The van der Waals surface area contributed by atoms with Gasteiger partial charge in [-0.1, -0.05) is 71.7 Å². The lowest BCUT2D eigenvalue weighted by Gasteiger charge is -2.39. The Morgan fingerprint density at radius 1 is 0.839 bits per heavy atom. The van der Waals surface area contributed by atoms with Gasteiger partial charge < -0.3 is 10.1 Å². The molecule has 0 spiro atoms. The minimum atomic E-state index is -0.426. The Morgan fingerprint density at radius 2 is 1.52 bits per heavy atom. The average Bonchev–Trinajstić information content (AvgIpc) is 3.26. The standard InChI is InChI=1S/C24H16Cl2N4O/c25-17-10-4-1-7-14(17)22-20-21(29-24-27-13-28-30(22)24)16-9-3-6-12-19(16)31-23(20)15-8-2-5-11-18(15)26/h1-13,22-23H,(H,27,28,29)/t22-,23-/m1/s1. The molecule has 2 aliphatic rings. The van der Waals surface area contributed by atoms with E-state index in [9.17, 15) is 0 Å². The SMILES string of the molecule is Clc1ccccc1[C@H]1Oc2ccccc2C2=C1[C@@H](c1ccccc1Cl)n1ncnc1N2. The molecule has 0 saturated carbocycles. The van der Waals surface area contributed by atoms with Crippen LogP contribution in [0.4, 0.5) is 5.95 Å². The van der Waals surface area contributed by atoms with E-state index in [1.54, 1.807) is 6.33 Å². The van der Waals surface area contributed by atoms with E-state index in [0.29, 0.717) is 16.0 Å². The van der Waals surface area contributed by atoms with Crippen molar-refractivity contribution >= 4 is 34.8 Å². The van der Waals surface area contributed by atoms with Crippen molar-refractivity contribution in [3.05, 3.63) is 111 Å². The molecule has 0 bridgehead atoms. The predicted octanol–water partition coefficient (Wildman–Crippen LogP) is 6.14. The fourth-order valence-corrected chi connectivity index (χ4v) is 4.83. The van der Waals surface area contributed by atoms with Crippen LogP contribution in [0, 0.1) is 0 Å². The van der Waals surface area contributed by atoms with E-state index in [0.717, 1.165) is 33.7 Å². The molecule has 4 aromatic rings. The maximum atomic E-state index is 6.68. The average molecular weight is 447 g/mol. The molecule has 1 N–H and O–H groups in total. The highest BCUT2D eigenvalue weighted by molar-refractivity contribution is 6.31. The first-order chi connectivity index (χ1) is 15.2. The molecule has 0 fully saturated rings. The van der Waals surface area contributed by atoms with Gasteiger partial charge in [0, 0.05) is 26.7 Å². The topological polar surface area (TPSA) is 52.0 Å². The number of halogens is 2. The van der Waals surface area contributed by atoms with Gasteiger partial charge in [-0.2, -0.15) is 10.1 Å². The van der Waals surface area contributed by atoms with Crippen molar-refractivity contribution in [3.63, 3.8) is 0 Å². The maximum absolute atomic E-state index is 6.68. The lowest BCUT2D eigenvalue weighted by Crippen LogP contribution is -2.32. The first kappa shape index (κ1) is 18.5. The van der Waals surface area contributed by atoms with Crippen LogP contribution < -0.4 is 10.1 Å². The number of aromatic nitrogens is 3. The molecule has 31 heavy (non-hydrogen) atoms. The highest BCUT2D eigenvalue weighted by atomic mass is 35.5. The van der Waals surface area contributed by atoms with Crippen LogP contribution in [0.5, 0.6) is 5.75 Å². The number of ether oxygens (including phenoxy) is 1. The molecule has 3 aromatic carbocycles. The number of rotatable bonds is 2. The fourth-order valence-electron chi connectivity index (χ4n) is 4.36. The molecular weight excluding hydrogens is 431 g/mol. The van der Waals surface area contributed by atoms with Crippen molar-refractivity contribution in [2.45, 2.75) is 12.1 Å². The number of nitrogens with zero attached hydrogens (tertiary/aromatic N) is 3. The van der Waals surface area contributed by atoms with Gasteiger partial charge in [0.15, 0.2) is 6.10 Å². The summed E-state index contributed by atoms with van der Waals surface area (Å²) in [5.41, 5.74) is 4.70. The zero-order valence-electron chi connectivity index (χ0n) is 16.2. The first-order valence-electron chi connectivity index (χ1n) is 9.88. The number of fused-ring (bicyclic) bond motifs is 3. The summed E-state index contributed by atoms with van der Waals surface area (Å²) in [4.78, 5) is 4.44. The molecule has 7 heteroatoms. The summed E-state index contributed by atoms with van der Waals surface area (Å²) in [6, 6.07) is 23.2. The highest BCUT2D eigenvalue weighted by Gasteiger charge is 2.41. The molecule has 0 radical (unpaired) electrons. The quantitative estimate of drug-likeness (QED) is 0.401. The van der Waals surface area contributed by atoms with E-state index in [1.807, 2.05) is 77.5 Å². The molecule has 6 rings (SSSR count). The third kappa shape index (κ3) is 2.85. The summed E-state index contributed by atoms with van der Waals surface area (Å²) < 4.78 is 8.41. The van der Waals surface area contributed by atoms with E-state index < -0.39 is 6.10 Å². The van der Waals surface area contributed by atoms with Crippen LogP contribution in [0.3, 0.4) is 0 Å². The zero-order valence-corrected chi connectivity index (χ0v) is 17.7. The Hall–Kier alpha value is -3.28. The van der Waals surface area contributed by atoms with Gasteiger partial charge in [-0.3, -0.25) is 0 Å². The minimum absolute atomic E-state index is 0.308. The molecule has 3 heterocycles. The summed E-state index contributed by atoms with van der Waals surface area (Å²) in [7, 11) is 0. The van der Waals surface area contributed by atoms with Gasteiger partial charge in [0.1, 0.15) is 18.1 Å². The van der Waals surface area contributed by atoms with Crippen molar-refractivity contribution in [3.8, 4) is 5.75 Å². The van der Waals surface area contributed by atoms with Gasteiger partial charge in [-0.15, -0.1) is 0 Å². The Labute approximate surface area is 188 Å². The van der Waals surface area contributed by atoms with E-state index in [1.165, 1.54) is 0 Å². The number of benzene rings is 3. The molecule has 0 amide bonds. The van der Waals surface area contributed by atoms with Crippen molar-refractivity contribution in [1.82, 2.24) is 14.8 Å². The Balaban J connectivity index is 1.67. The molecule has 0 aliphatic carbocycles. The van der Waals surface area contributed by atoms with Gasteiger partial charge in [0.05, 0.1) is 5.70 Å². The third-order valence-electron chi connectivity index (χ3n) is 5.71. The second-order valence-electron chi connectivity index (χ2n) is 7.42. The number of anilines is 1. The van der Waals surface area contributed by atoms with Crippen molar-refractivity contribution in [2.24, 2.45) is 0 Å². The van der Waals surface area contributed by atoms with Crippen LogP contribution in [0.2, 0.25) is 10.0 Å². The summed E-state index contributed by atoms with van der Waals surface area (Å²) in [6.45, 7) is 0. The van der Waals surface area contributed by atoms with Gasteiger partial charge in [-0.25, -0.2) is 4.68 Å². The fraction of sp³-hybridized carbons (Fsp3) is 0.0833. The van der Waals surface area contributed by atoms with Crippen molar-refractivity contribution in [1.29, 1.82) is 0 Å². The van der Waals surface area contributed by atoms with Crippen LogP contribution in [0.1, 0.15) is 28.8 Å². The Morgan fingerprint density at radius 3 is 2.29 bits per heavy atom. The molecule has 1 aromatic heterocycles. The minimum Gasteiger partial charge on any atom is -0.480 e.